The van der Waals surface area contributed by atoms with Gasteiger partial charge in [0, 0.05) is 11.6 Å². The van der Waals surface area contributed by atoms with E-state index in [4.69, 9.17) is 4.42 Å². The van der Waals surface area contributed by atoms with Gasteiger partial charge in [0.05, 0.1) is 17.7 Å². The number of rotatable bonds is 8. The fourth-order valence-corrected chi connectivity index (χ4v) is 3.79. The second-order valence-corrected chi connectivity index (χ2v) is 8.37. The first-order chi connectivity index (χ1) is 13.8. The van der Waals surface area contributed by atoms with Crippen LogP contribution in [0.25, 0.3) is 0 Å². The van der Waals surface area contributed by atoms with Crippen molar-refractivity contribution in [3.05, 3.63) is 89.6 Å². The predicted molar refractivity (Wildman–Crippen MR) is 106 cm³/mol. The number of halogens is 1. The first-order valence-corrected chi connectivity index (χ1v) is 10.5. The van der Waals surface area contributed by atoms with Gasteiger partial charge in [0.25, 0.3) is 5.91 Å². The lowest BCUT2D eigenvalue weighted by Gasteiger charge is -2.15. The Kier molecular flexibility index (Phi) is 6.46. The highest BCUT2D eigenvalue weighted by Crippen LogP contribution is 2.13. The largest absolute Gasteiger partial charge is 0.468 e. The Hall–Kier alpha value is -2.97. The lowest BCUT2D eigenvalue weighted by molar-refractivity contribution is 0.0940. The Morgan fingerprint density at radius 3 is 2.45 bits per heavy atom. The number of carbonyl (C=O) groups excluding carboxylic acids is 1. The Bertz CT molecular complexity index is 1060. The van der Waals surface area contributed by atoms with Crippen molar-refractivity contribution < 1.29 is 22.0 Å². The van der Waals surface area contributed by atoms with Crippen LogP contribution in [0.1, 0.15) is 28.6 Å². The maximum Gasteiger partial charge on any atom is 0.251 e. The van der Waals surface area contributed by atoms with Crippen LogP contribution in [0.2, 0.25) is 0 Å². The summed E-state index contributed by atoms with van der Waals surface area (Å²) in [5, 5.41) is 2.79. The van der Waals surface area contributed by atoms with Gasteiger partial charge in [-0.2, -0.15) is 0 Å². The van der Waals surface area contributed by atoms with Crippen molar-refractivity contribution in [2.24, 2.45) is 0 Å². The molecule has 0 saturated carbocycles. The molecule has 0 bridgehead atoms. The molecule has 1 amide bonds. The lowest BCUT2D eigenvalue weighted by atomic mass is 10.1. The number of benzene rings is 2. The van der Waals surface area contributed by atoms with Crippen LogP contribution in [0.5, 0.6) is 0 Å². The third-order valence-corrected chi connectivity index (χ3v) is 5.72. The molecule has 1 heterocycles. The molecular weight excluding hydrogens is 395 g/mol. The third kappa shape index (κ3) is 5.52. The molecule has 0 fully saturated rings. The highest BCUT2D eigenvalue weighted by molar-refractivity contribution is 7.89. The summed E-state index contributed by atoms with van der Waals surface area (Å²) in [6.45, 7) is 1.81. The Morgan fingerprint density at radius 1 is 1.07 bits per heavy atom. The highest BCUT2D eigenvalue weighted by atomic mass is 32.2. The first kappa shape index (κ1) is 20.8. The van der Waals surface area contributed by atoms with E-state index in [2.05, 4.69) is 10.0 Å². The standard InChI is InChI=1S/C21H21FN2O4S/c1-15(13-17-5-2-3-7-20(17)22)24-21(25)16-8-10-19(11-9-16)29(26,27)23-14-18-6-4-12-28-18/h2-12,15,23H,13-14H2,1H3,(H,24,25). The number of furan rings is 1. The molecule has 8 heteroatoms. The number of hydrogen-bond donors (Lipinski definition) is 2. The van der Waals surface area contributed by atoms with E-state index in [1.165, 1.54) is 36.6 Å². The van der Waals surface area contributed by atoms with Crippen LogP contribution in [0.15, 0.2) is 76.2 Å². The van der Waals surface area contributed by atoms with Gasteiger partial charge in [-0.1, -0.05) is 18.2 Å². The van der Waals surface area contributed by atoms with Crippen LogP contribution in [-0.4, -0.2) is 20.4 Å². The Labute approximate surface area is 168 Å². The van der Waals surface area contributed by atoms with Gasteiger partial charge in [0.1, 0.15) is 11.6 Å². The normalized spacial score (nSPS) is 12.5. The van der Waals surface area contributed by atoms with Crippen LogP contribution in [0.3, 0.4) is 0 Å². The van der Waals surface area contributed by atoms with Crippen LogP contribution in [0, 0.1) is 5.82 Å². The molecule has 1 unspecified atom stereocenters. The van der Waals surface area contributed by atoms with Gasteiger partial charge in [0.2, 0.25) is 10.0 Å². The van der Waals surface area contributed by atoms with Crippen molar-refractivity contribution in [3.8, 4) is 0 Å². The first-order valence-electron chi connectivity index (χ1n) is 9.01. The van der Waals surface area contributed by atoms with Crippen LogP contribution in [-0.2, 0) is 23.0 Å². The summed E-state index contributed by atoms with van der Waals surface area (Å²) in [7, 11) is -3.73. The van der Waals surface area contributed by atoms with E-state index in [0.717, 1.165) is 0 Å². The summed E-state index contributed by atoms with van der Waals surface area (Å²) in [6.07, 6.45) is 1.81. The molecule has 0 spiro atoms. The molecule has 0 radical (unpaired) electrons. The topological polar surface area (TPSA) is 88.4 Å². The van der Waals surface area contributed by atoms with Gasteiger partial charge in [0.15, 0.2) is 0 Å². The number of carbonyl (C=O) groups is 1. The SMILES string of the molecule is CC(Cc1ccccc1F)NC(=O)c1ccc(S(=O)(=O)NCc2ccco2)cc1. The van der Waals surface area contributed by atoms with Crippen molar-refractivity contribution in [3.63, 3.8) is 0 Å². The molecule has 1 aromatic heterocycles. The van der Waals surface area contributed by atoms with Crippen molar-refractivity contribution in [2.75, 3.05) is 0 Å². The van der Waals surface area contributed by atoms with Gasteiger partial charge in [-0.15, -0.1) is 0 Å². The summed E-state index contributed by atoms with van der Waals surface area (Å²) >= 11 is 0. The molecule has 0 saturated heterocycles. The van der Waals surface area contributed by atoms with E-state index in [1.807, 2.05) is 0 Å². The van der Waals surface area contributed by atoms with Crippen LogP contribution in [0.4, 0.5) is 4.39 Å². The Balaban J connectivity index is 1.60. The zero-order valence-electron chi connectivity index (χ0n) is 15.8. The van der Waals surface area contributed by atoms with E-state index in [-0.39, 0.29) is 29.2 Å². The monoisotopic (exact) mass is 416 g/mol. The maximum atomic E-state index is 13.7. The van der Waals surface area contributed by atoms with Crippen LogP contribution < -0.4 is 10.0 Å². The molecule has 6 nitrogen and oxygen atoms in total. The average molecular weight is 416 g/mol. The molecule has 3 rings (SSSR count). The predicted octanol–water partition coefficient (Wildman–Crippen LogP) is 3.26. The summed E-state index contributed by atoms with van der Waals surface area (Å²) in [6, 6.07) is 15.0. The summed E-state index contributed by atoms with van der Waals surface area (Å²) < 4.78 is 45.9. The minimum absolute atomic E-state index is 0.0329. The van der Waals surface area contributed by atoms with Crippen LogP contribution >= 0.6 is 0 Å². The highest BCUT2D eigenvalue weighted by Gasteiger charge is 2.16. The van der Waals surface area contributed by atoms with Gasteiger partial charge in [-0.05, 0) is 61.4 Å². The summed E-state index contributed by atoms with van der Waals surface area (Å²) in [5.74, 6) is -0.181. The molecule has 29 heavy (non-hydrogen) atoms. The molecule has 152 valence electrons. The van der Waals surface area contributed by atoms with Gasteiger partial charge < -0.3 is 9.73 Å². The number of sulfonamides is 1. The maximum absolute atomic E-state index is 13.7. The molecule has 0 aliphatic rings. The summed E-state index contributed by atoms with van der Waals surface area (Å²) in [4.78, 5) is 12.4. The quantitative estimate of drug-likeness (QED) is 0.590. The van der Waals surface area contributed by atoms with E-state index in [0.29, 0.717) is 23.3 Å². The molecule has 2 N–H and O–H groups in total. The van der Waals surface area contributed by atoms with Crippen molar-refractivity contribution in [1.29, 1.82) is 0 Å². The molecular formula is C21H21FN2O4S. The van der Waals surface area contributed by atoms with Crippen molar-refractivity contribution >= 4 is 15.9 Å². The van der Waals surface area contributed by atoms with Gasteiger partial charge >= 0.3 is 0 Å². The van der Waals surface area contributed by atoms with Gasteiger partial charge in [-0.25, -0.2) is 17.5 Å². The van der Waals surface area contributed by atoms with Crippen molar-refractivity contribution in [1.82, 2.24) is 10.0 Å². The zero-order valence-corrected chi connectivity index (χ0v) is 16.6. The minimum Gasteiger partial charge on any atom is -0.468 e. The fourth-order valence-electron chi connectivity index (χ4n) is 2.80. The van der Waals surface area contributed by atoms with Crippen molar-refractivity contribution in [2.45, 2.75) is 30.8 Å². The second-order valence-electron chi connectivity index (χ2n) is 6.60. The van der Waals surface area contributed by atoms with E-state index in [9.17, 15) is 17.6 Å². The molecule has 3 aromatic rings. The minimum atomic E-state index is -3.73. The average Bonchev–Trinajstić information content (AvgIpc) is 3.22. The second kappa shape index (κ2) is 9.02. The van der Waals surface area contributed by atoms with Gasteiger partial charge in [-0.3, -0.25) is 4.79 Å². The number of nitrogens with one attached hydrogen (secondary N) is 2. The number of amides is 1. The zero-order chi connectivity index (χ0) is 20.9. The third-order valence-electron chi connectivity index (χ3n) is 4.30. The smallest absolute Gasteiger partial charge is 0.251 e. The molecule has 2 aromatic carbocycles. The summed E-state index contributed by atoms with van der Waals surface area (Å²) in [5.41, 5.74) is 0.833. The number of hydrogen-bond acceptors (Lipinski definition) is 4. The van der Waals surface area contributed by atoms with E-state index < -0.39 is 10.0 Å². The fraction of sp³-hybridized carbons (Fsp3) is 0.190. The van der Waals surface area contributed by atoms with E-state index >= 15 is 0 Å². The Morgan fingerprint density at radius 2 is 1.79 bits per heavy atom. The molecule has 0 aliphatic carbocycles. The van der Waals surface area contributed by atoms with E-state index in [1.54, 1.807) is 37.3 Å². The molecule has 1 atom stereocenters. The molecule has 0 aliphatic heterocycles. The lowest BCUT2D eigenvalue weighted by Crippen LogP contribution is -2.34.